The van der Waals surface area contributed by atoms with E-state index in [9.17, 15) is 4.79 Å². The van der Waals surface area contributed by atoms with Gasteiger partial charge in [-0.3, -0.25) is 4.79 Å². The van der Waals surface area contributed by atoms with Crippen LogP contribution in [0.5, 0.6) is 5.75 Å². The van der Waals surface area contributed by atoms with Crippen molar-refractivity contribution >= 4 is 29.0 Å². The Morgan fingerprint density at radius 3 is 2.92 bits per heavy atom. The van der Waals surface area contributed by atoms with E-state index in [1.807, 2.05) is 42.0 Å². The van der Waals surface area contributed by atoms with Crippen molar-refractivity contribution in [1.29, 1.82) is 0 Å². The number of amides is 1. The molecule has 26 heavy (non-hydrogen) atoms. The molecule has 2 heterocycles. The van der Waals surface area contributed by atoms with Crippen LogP contribution in [0.25, 0.3) is 10.8 Å². The van der Waals surface area contributed by atoms with E-state index in [-0.39, 0.29) is 12.3 Å². The number of nitrogens with zero attached hydrogens (tertiary/aromatic N) is 2. The Hall–Kier alpha value is -2.25. The molecule has 1 aromatic carbocycles. The number of aromatic nitrogens is 1. The number of likely N-dealkylation sites (N-methyl/N-ethyl adjacent to an activating group) is 1. The summed E-state index contributed by atoms with van der Waals surface area (Å²) in [6, 6.07) is 9.89. The highest BCUT2D eigenvalue weighted by Crippen LogP contribution is 2.29. The number of thiophene rings is 1. The molecule has 0 aliphatic carbocycles. The third-order valence-electron chi connectivity index (χ3n) is 3.91. The summed E-state index contributed by atoms with van der Waals surface area (Å²) in [4.78, 5) is 20.6. The summed E-state index contributed by atoms with van der Waals surface area (Å²) in [5.74, 6) is 1.37. The smallest absolute Gasteiger partial charge is 0.236 e. The molecule has 0 spiro atoms. The molecule has 3 rings (SSSR count). The van der Waals surface area contributed by atoms with Gasteiger partial charge in [0, 0.05) is 18.5 Å². The van der Waals surface area contributed by atoms with Gasteiger partial charge in [-0.15, -0.1) is 23.1 Å². The van der Waals surface area contributed by atoms with Crippen LogP contribution in [0.2, 0.25) is 0 Å². The summed E-state index contributed by atoms with van der Waals surface area (Å²) < 4.78 is 10.9. The molecule has 0 atom stereocenters. The second kappa shape index (κ2) is 8.42. The number of carbonyl (C=O) groups excluding carboxylic acids is 1. The molecule has 0 radical (unpaired) electrons. The normalized spacial score (nSPS) is 10.7. The van der Waals surface area contributed by atoms with Gasteiger partial charge in [0.2, 0.25) is 11.8 Å². The lowest BCUT2D eigenvalue weighted by Crippen LogP contribution is -2.27. The molecule has 0 fully saturated rings. The second-order valence-electron chi connectivity index (χ2n) is 5.74. The Bertz CT molecular complexity index is 875. The summed E-state index contributed by atoms with van der Waals surface area (Å²) in [6.07, 6.45) is 3.78. The third-order valence-corrected chi connectivity index (χ3v) is 5.54. The summed E-state index contributed by atoms with van der Waals surface area (Å²) in [7, 11) is 3.45. The number of hydrogen-bond acceptors (Lipinski definition) is 6. The number of oxazole rings is 1. The highest BCUT2D eigenvalue weighted by molar-refractivity contribution is 7.98. The first-order chi connectivity index (χ1) is 12.6. The molecule has 2 aromatic heterocycles. The SMILES string of the molecule is COc1cc(CN(C)C(=O)Cc2coc(-c3cccs3)n2)ccc1SC. The molecule has 0 aliphatic heterocycles. The first kappa shape index (κ1) is 18.5. The molecule has 0 bridgehead atoms. The maximum atomic E-state index is 12.5. The zero-order valence-corrected chi connectivity index (χ0v) is 16.5. The van der Waals surface area contributed by atoms with Gasteiger partial charge in [0.05, 0.1) is 24.1 Å². The molecule has 136 valence electrons. The molecular weight excluding hydrogens is 368 g/mol. The van der Waals surface area contributed by atoms with Crippen molar-refractivity contribution in [2.75, 3.05) is 20.4 Å². The maximum absolute atomic E-state index is 12.5. The van der Waals surface area contributed by atoms with E-state index in [0.29, 0.717) is 18.1 Å². The second-order valence-corrected chi connectivity index (χ2v) is 7.53. The number of rotatable bonds is 7. The number of ether oxygens (including phenoxy) is 1. The third kappa shape index (κ3) is 4.28. The largest absolute Gasteiger partial charge is 0.496 e. The van der Waals surface area contributed by atoms with Crippen molar-refractivity contribution in [1.82, 2.24) is 9.88 Å². The van der Waals surface area contributed by atoms with Gasteiger partial charge in [-0.25, -0.2) is 4.98 Å². The zero-order chi connectivity index (χ0) is 18.5. The minimum Gasteiger partial charge on any atom is -0.496 e. The lowest BCUT2D eigenvalue weighted by atomic mass is 10.2. The van der Waals surface area contributed by atoms with Crippen molar-refractivity contribution in [3.8, 4) is 16.5 Å². The van der Waals surface area contributed by atoms with Gasteiger partial charge >= 0.3 is 0 Å². The van der Waals surface area contributed by atoms with E-state index in [2.05, 4.69) is 4.98 Å². The highest BCUT2D eigenvalue weighted by Gasteiger charge is 2.15. The maximum Gasteiger partial charge on any atom is 0.236 e. The van der Waals surface area contributed by atoms with Crippen LogP contribution in [0.4, 0.5) is 0 Å². The minimum absolute atomic E-state index is 0.0102. The quantitative estimate of drug-likeness (QED) is 0.564. The molecule has 1 amide bonds. The molecule has 0 saturated heterocycles. The fourth-order valence-electron chi connectivity index (χ4n) is 2.53. The Morgan fingerprint density at radius 2 is 2.23 bits per heavy atom. The van der Waals surface area contributed by atoms with Gasteiger partial charge in [-0.2, -0.15) is 0 Å². The monoisotopic (exact) mass is 388 g/mol. The van der Waals surface area contributed by atoms with Gasteiger partial charge < -0.3 is 14.1 Å². The molecule has 7 heteroatoms. The minimum atomic E-state index is -0.0102. The number of benzene rings is 1. The van der Waals surface area contributed by atoms with Crippen LogP contribution in [0, 0.1) is 0 Å². The van der Waals surface area contributed by atoms with Crippen LogP contribution in [-0.4, -0.2) is 36.2 Å². The molecular formula is C19H20N2O3S2. The summed E-state index contributed by atoms with van der Waals surface area (Å²) in [5.41, 5.74) is 1.66. The number of thioether (sulfide) groups is 1. The van der Waals surface area contributed by atoms with E-state index in [1.165, 1.54) is 0 Å². The average molecular weight is 389 g/mol. The summed E-state index contributed by atoms with van der Waals surface area (Å²) in [6.45, 7) is 0.513. The van der Waals surface area contributed by atoms with Crippen LogP contribution >= 0.6 is 23.1 Å². The van der Waals surface area contributed by atoms with Crippen LogP contribution in [0.15, 0.2) is 51.3 Å². The Kier molecular flexibility index (Phi) is 6.00. The van der Waals surface area contributed by atoms with Gasteiger partial charge in [0.1, 0.15) is 12.0 Å². The zero-order valence-electron chi connectivity index (χ0n) is 14.9. The molecule has 0 saturated carbocycles. The van der Waals surface area contributed by atoms with Crippen molar-refractivity contribution in [3.05, 3.63) is 53.2 Å². The predicted octanol–water partition coefficient (Wildman–Crippen LogP) is 4.33. The van der Waals surface area contributed by atoms with E-state index in [1.54, 1.807) is 48.4 Å². The van der Waals surface area contributed by atoms with E-state index >= 15 is 0 Å². The Morgan fingerprint density at radius 1 is 1.38 bits per heavy atom. The number of hydrogen-bond donors (Lipinski definition) is 0. The Labute approximate surface area is 161 Å². The molecule has 5 nitrogen and oxygen atoms in total. The van der Waals surface area contributed by atoms with Gasteiger partial charge in [-0.05, 0) is 35.4 Å². The van der Waals surface area contributed by atoms with E-state index in [0.717, 1.165) is 21.1 Å². The van der Waals surface area contributed by atoms with E-state index in [4.69, 9.17) is 9.15 Å². The van der Waals surface area contributed by atoms with Crippen LogP contribution < -0.4 is 4.74 Å². The topological polar surface area (TPSA) is 55.6 Å². The van der Waals surface area contributed by atoms with Crippen LogP contribution in [0.3, 0.4) is 0 Å². The predicted molar refractivity (Wildman–Crippen MR) is 105 cm³/mol. The van der Waals surface area contributed by atoms with Crippen LogP contribution in [-0.2, 0) is 17.8 Å². The first-order valence-corrected chi connectivity index (χ1v) is 10.1. The van der Waals surface area contributed by atoms with Gasteiger partial charge in [0.25, 0.3) is 0 Å². The van der Waals surface area contributed by atoms with Crippen molar-refractivity contribution in [3.63, 3.8) is 0 Å². The lowest BCUT2D eigenvalue weighted by Gasteiger charge is -2.17. The highest BCUT2D eigenvalue weighted by atomic mass is 32.2. The lowest BCUT2D eigenvalue weighted by molar-refractivity contribution is -0.129. The molecule has 0 aliphatic rings. The summed E-state index contributed by atoms with van der Waals surface area (Å²) in [5, 5.41) is 1.97. The fourth-order valence-corrected chi connectivity index (χ4v) is 3.74. The van der Waals surface area contributed by atoms with Gasteiger partial charge in [-0.1, -0.05) is 12.1 Å². The Balaban J connectivity index is 1.63. The van der Waals surface area contributed by atoms with Crippen LogP contribution in [0.1, 0.15) is 11.3 Å². The number of methoxy groups -OCH3 is 1. The standard InChI is InChI=1S/C19H20N2O3S2/c1-21(11-13-6-7-16(25-3)15(9-13)23-2)18(22)10-14-12-24-19(20-14)17-5-4-8-26-17/h4-9,12H,10-11H2,1-3H3. The average Bonchev–Trinajstić information content (AvgIpc) is 3.33. The van der Waals surface area contributed by atoms with Crippen molar-refractivity contribution in [2.24, 2.45) is 0 Å². The summed E-state index contributed by atoms with van der Waals surface area (Å²) >= 11 is 3.19. The first-order valence-electron chi connectivity index (χ1n) is 8.04. The van der Waals surface area contributed by atoms with E-state index < -0.39 is 0 Å². The molecule has 0 N–H and O–H groups in total. The fraction of sp³-hybridized carbons (Fsp3) is 0.263. The molecule has 0 unspecified atom stereocenters. The number of carbonyl (C=O) groups is 1. The van der Waals surface area contributed by atoms with Crippen molar-refractivity contribution in [2.45, 2.75) is 17.9 Å². The molecule has 3 aromatic rings. The van der Waals surface area contributed by atoms with Crippen molar-refractivity contribution < 1.29 is 13.9 Å². The van der Waals surface area contributed by atoms with Gasteiger partial charge in [0.15, 0.2) is 0 Å².